The fourth-order valence-corrected chi connectivity index (χ4v) is 4.67. The Morgan fingerprint density at radius 1 is 1.12 bits per heavy atom. The van der Waals surface area contributed by atoms with Gasteiger partial charge in [0.05, 0.1) is 5.92 Å². The van der Waals surface area contributed by atoms with E-state index in [2.05, 4.69) is 30.9 Å². The lowest BCUT2D eigenvalue weighted by atomic mass is 9.71. The topological polar surface area (TPSA) is 60.9 Å². The molecule has 0 aromatic heterocycles. The minimum absolute atomic E-state index is 0.126. The minimum atomic E-state index is -0.727. The molecule has 1 aromatic rings. The number of carbonyl (C=O) groups excluding carboxylic acids is 1. The average Bonchev–Trinajstić information content (AvgIpc) is 3.00. The molecule has 5 heteroatoms. The molecule has 4 rings (SSSR count). The average molecular weight is 342 g/mol. The van der Waals surface area contributed by atoms with Gasteiger partial charge in [-0.3, -0.25) is 14.5 Å². The van der Waals surface area contributed by atoms with E-state index in [9.17, 15) is 14.7 Å². The SMILES string of the molecule is CC1(C)C[C@@H]1C(=O)N1CC2(CN(Cc3ccccc3)C[C@H]2C(=O)O)C1. The molecular weight excluding hydrogens is 316 g/mol. The minimum Gasteiger partial charge on any atom is -0.481 e. The second kappa shape index (κ2) is 5.56. The molecule has 3 fully saturated rings. The number of carboxylic acids is 1. The zero-order valence-corrected chi connectivity index (χ0v) is 14.9. The predicted molar refractivity (Wildman–Crippen MR) is 93.7 cm³/mol. The fourth-order valence-electron chi connectivity index (χ4n) is 4.67. The van der Waals surface area contributed by atoms with E-state index < -0.39 is 5.97 Å². The van der Waals surface area contributed by atoms with Gasteiger partial charge in [-0.2, -0.15) is 0 Å². The number of rotatable bonds is 4. The van der Waals surface area contributed by atoms with Gasteiger partial charge >= 0.3 is 5.97 Å². The molecule has 5 nitrogen and oxygen atoms in total. The van der Waals surface area contributed by atoms with Crippen LogP contribution < -0.4 is 0 Å². The van der Waals surface area contributed by atoms with Gasteiger partial charge in [0.15, 0.2) is 0 Å². The predicted octanol–water partition coefficient (Wildman–Crippen LogP) is 2.08. The van der Waals surface area contributed by atoms with Crippen LogP contribution in [0.15, 0.2) is 30.3 Å². The van der Waals surface area contributed by atoms with Crippen molar-refractivity contribution in [2.45, 2.75) is 26.8 Å². The molecule has 1 saturated carbocycles. The van der Waals surface area contributed by atoms with E-state index in [0.717, 1.165) is 19.5 Å². The summed E-state index contributed by atoms with van der Waals surface area (Å²) < 4.78 is 0. The maximum absolute atomic E-state index is 12.6. The zero-order valence-electron chi connectivity index (χ0n) is 14.9. The highest BCUT2D eigenvalue weighted by atomic mass is 16.4. The van der Waals surface area contributed by atoms with Crippen LogP contribution in [-0.4, -0.2) is 53.0 Å². The number of carbonyl (C=O) groups is 2. The summed E-state index contributed by atoms with van der Waals surface area (Å²) in [6, 6.07) is 10.2. The van der Waals surface area contributed by atoms with Crippen LogP contribution >= 0.6 is 0 Å². The maximum atomic E-state index is 12.6. The number of hydrogen-bond acceptors (Lipinski definition) is 3. The first-order chi connectivity index (χ1) is 11.8. The summed E-state index contributed by atoms with van der Waals surface area (Å²) in [5.41, 5.74) is 1.06. The molecule has 1 spiro atoms. The van der Waals surface area contributed by atoms with E-state index in [-0.39, 0.29) is 28.6 Å². The van der Waals surface area contributed by atoms with Gasteiger partial charge in [0.2, 0.25) is 5.91 Å². The summed E-state index contributed by atoms with van der Waals surface area (Å²) in [5, 5.41) is 9.70. The Balaban J connectivity index is 1.42. The maximum Gasteiger partial charge on any atom is 0.308 e. The number of likely N-dealkylation sites (tertiary alicyclic amines) is 2. The number of hydrogen-bond donors (Lipinski definition) is 1. The Morgan fingerprint density at radius 3 is 2.32 bits per heavy atom. The first-order valence-corrected chi connectivity index (χ1v) is 9.09. The first-order valence-electron chi connectivity index (χ1n) is 9.09. The summed E-state index contributed by atoms with van der Waals surface area (Å²) in [6.45, 7) is 7.56. The second-order valence-electron chi connectivity index (χ2n) is 8.85. The number of benzene rings is 1. The molecule has 0 radical (unpaired) electrons. The molecule has 2 saturated heterocycles. The monoisotopic (exact) mass is 342 g/mol. The summed E-state index contributed by atoms with van der Waals surface area (Å²) in [6.07, 6.45) is 0.956. The van der Waals surface area contributed by atoms with Gasteiger partial charge in [0, 0.05) is 44.1 Å². The van der Waals surface area contributed by atoms with Crippen molar-refractivity contribution >= 4 is 11.9 Å². The van der Waals surface area contributed by atoms with Gasteiger partial charge in [-0.25, -0.2) is 0 Å². The molecular formula is C20H26N2O3. The fraction of sp³-hybridized carbons (Fsp3) is 0.600. The van der Waals surface area contributed by atoms with Gasteiger partial charge in [0.1, 0.15) is 0 Å². The second-order valence-corrected chi connectivity index (χ2v) is 8.85. The normalized spacial score (nSPS) is 29.4. The third-order valence-corrected chi connectivity index (χ3v) is 6.40. The molecule has 0 bridgehead atoms. The molecule has 1 N–H and O–H groups in total. The van der Waals surface area contributed by atoms with E-state index in [1.807, 2.05) is 23.1 Å². The molecule has 25 heavy (non-hydrogen) atoms. The zero-order chi connectivity index (χ0) is 17.8. The molecule has 2 aliphatic heterocycles. The Kier molecular flexibility index (Phi) is 3.69. The van der Waals surface area contributed by atoms with Crippen LogP contribution in [0.25, 0.3) is 0 Å². The van der Waals surface area contributed by atoms with Gasteiger partial charge in [0.25, 0.3) is 0 Å². The van der Waals surface area contributed by atoms with Crippen molar-refractivity contribution in [1.29, 1.82) is 0 Å². The van der Waals surface area contributed by atoms with E-state index >= 15 is 0 Å². The van der Waals surface area contributed by atoms with Gasteiger partial charge < -0.3 is 10.0 Å². The number of aliphatic carboxylic acids is 1. The smallest absolute Gasteiger partial charge is 0.308 e. The van der Waals surface area contributed by atoms with Gasteiger partial charge in [-0.15, -0.1) is 0 Å². The Hall–Kier alpha value is -1.88. The molecule has 0 unspecified atom stereocenters. The van der Waals surface area contributed by atoms with Crippen molar-refractivity contribution in [2.24, 2.45) is 22.7 Å². The molecule has 3 aliphatic rings. The largest absolute Gasteiger partial charge is 0.481 e. The van der Waals surface area contributed by atoms with Crippen molar-refractivity contribution in [3.05, 3.63) is 35.9 Å². The number of nitrogens with zero attached hydrogens (tertiary/aromatic N) is 2. The number of amides is 1. The quantitative estimate of drug-likeness (QED) is 0.910. The highest BCUT2D eigenvalue weighted by Gasteiger charge is 2.61. The highest BCUT2D eigenvalue weighted by Crippen LogP contribution is 2.54. The van der Waals surface area contributed by atoms with Gasteiger partial charge in [-0.05, 0) is 17.4 Å². The summed E-state index contributed by atoms with van der Waals surface area (Å²) in [4.78, 5) is 28.5. The standard InChI is InChI=1S/C20H26N2O3/c1-19(2)8-15(19)17(23)22-12-20(13-22)11-21(10-16(20)18(24)25)9-14-6-4-3-5-7-14/h3-7,15-16H,8-13H2,1-2H3,(H,24,25)/t15-,16+/m1/s1. The van der Waals surface area contributed by atoms with Crippen molar-refractivity contribution in [3.8, 4) is 0 Å². The molecule has 1 aromatic carbocycles. The van der Waals surface area contributed by atoms with Crippen LogP contribution in [0.1, 0.15) is 25.8 Å². The lowest BCUT2D eigenvalue weighted by Crippen LogP contribution is -2.63. The van der Waals surface area contributed by atoms with E-state index in [1.165, 1.54) is 5.56 Å². The van der Waals surface area contributed by atoms with Crippen molar-refractivity contribution in [2.75, 3.05) is 26.2 Å². The van der Waals surface area contributed by atoms with Crippen LogP contribution in [0.2, 0.25) is 0 Å². The summed E-state index contributed by atoms with van der Waals surface area (Å²) in [5.74, 6) is -0.752. The lowest BCUT2D eigenvalue weighted by Gasteiger charge is -2.50. The van der Waals surface area contributed by atoms with Crippen LogP contribution in [0.5, 0.6) is 0 Å². The first kappa shape index (κ1) is 16.6. The Bertz CT molecular complexity index is 694. The lowest BCUT2D eigenvalue weighted by molar-refractivity contribution is -0.158. The third kappa shape index (κ3) is 2.84. The van der Waals surface area contributed by atoms with Crippen molar-refractivity contribution in [3.63, 3.8) is 0 Å². The summed E-state index contributed by atoms with van der Waals surface area (Å²) in [7, 11) is 0. The Morgan fingerprint density at radius 2 is 1.76 bits per heavy atom. The van der Waals surface area contributed by atoms with Crippen LogP contribution in [0, 0.1) is 22.7 Å². The van der Waals surface area contributed by atoms with Crippen LogP contribution in [-0.2, 0) is 16.1 Å². The number of carboxylic acid groups (broad SMARTS) is 1. The molecule has 1 aliphatic carbocycles. The van der Waals surface area contributed by atoms with Crippen LogP contribution in [0.3, 0.4) is 0 Å². The van der Waals surface area contributed by atoms with Gasteiger partial charge in [-0.1, -0.05) is 44.2 Å². The third-order valence-electron chi connectivity index (χ3n) is 6.40. The molecule has 2 heterocycles. The molecule has 1 amide bonds. The Labute approximate surface area is 148 Å². The van der Waals surface area contributed by atoms with Crippen molar-refractivity contribution < 1.29 is 14.7 Å². The highest BCUT2D eigenvalue weighted by molar-refractivity contribution is 5.84. The van der Waals surface area contributed by atoms with E-state index in [4.69, 9.17) is 0 Å². The summed E-state index contributed by atoms with van der Waals surface area (Å²) >= 11 is 0. The van der Waals surface area contributed by atoms with Crippen molar-refractivity contribution in [1.82, 2.24) is 9.80 Å². The van der Waals surface area contributed by atoms with Crippen LogP contribution in [0.4, 0.5) is 0 Å². The van der Waals surface area contributed by atoms with E-state index in [1.54, 1.807) is 0 Å². The molecule has 2 atom stereocenters. The molecule has 134 valence electrons. The van der Waals surface area contributed by atoms with E-state index in [0.29, 0.717) is 19.6 Å².